The van der Waals surface area contributed by atoms with Gasteiger partial charge in [-0.05, 0) is 27.6 Å². The molecular formula is C11H10BrN3O2. The van der Waals surface area contributed by atoms with E-state index in [4.69, 9.17) is 5.11 Å². The Labute approximate surface area is 106 Å². The maximum atomic E-state index is 10.9. The van der Waals surface area contributed by atoms with Crippen LogP contribution >= 0.6 is 15.9 Å². The van der Waals surface area contributed by atoms with E-state index in [9.17, 15) is 4.79 Å². The number of hydrogen-bond donors (Lipinski definition) is 2. The molecule has 1 atom stereocenters. The summed E-state index contributed by atoms with van der Waals surface area (Å²) >= 11 is 3.26. The lowest BCUT2D eigenvalue weighted by Gasteiger charge is -2.11. The Morgan fingerprint density at radius 2 is 2.35 bits per heavy atom. The minimum absolute atomic E-state index is 0.0222. The van der Waals surface area contributed by atoms with Crippen LogP contribution in [0.25, 0.3) is 0 Å². The third kappa shape index (κ3) is 2.91. The van der Waals surface area contributed by atoms with E-state index >= 15 is 0 Å². The van der Waals surface area contributed by atoms with Crippen LogP contribution < -0.4 is 0 Å². The quantitative estimate of drug-likeness (QED) is 0.906. The number of halogens is 1. The molecule has 2 aromatic heterocycles. The van der Waals surface area contributed by atoms with Crippen LogP contribution in [0.1, 0.15) is 23.7 Å². The van der Waals surface area contributed by atoms with Gasteiger partial charge in [-0.25, -0.2) is 4.98 Å². The van der Waals surface area contributed by atoms with Gasteiger partial charge in [0.1, 0.15) is 10.4 Å². The van der Waals surface area contributed by atoms with Gasteiger partial charge in [0.2, 0.25) is 0 Å². The molecule has 0 saturated heterocycles. The van der Waals surface area contributed by atoms with Gasteiger partial charge in [-0.3, -0.25) is 9.78 Å². The summed E-state index contributed by atoms with van der Waals surface area (Å²) in [6.45, 7) is 0. The zero-order valence-corrected chi connectivity index (χ0v) is 10.4. The van der Waals surface area contributed by atoms with Crippen LogP contribution in [-0.2, 0) is 4.79 Å². The normalized spacial score (nSPS) is 12.3. The number of aliphatic carboxylic acids is 1. The van der Waals surface area contributed by atoms with E-state index in [0.717, 1.165) is 10.2 Å². The van der Waals surface area contributed by atoms with Crippen LogP contribution in [0.4, 0.5) is 0 Å². The van der Waals surface area contributed by atoms with Crippen molar-refractivity contribution in [3.63, 3.8) is 0 Å². The Kier molecular flexibility index (Phi) is 3.53. The molecule has 17 heavy (non-hydrogen) atoms. The number of nitrogens with zero attached hydrogens (tertiary/aromatic N) is 2. The Morgan fingerprint density at radius 3 is 2.88 bits per heavy atom. The molecule has 0 amide bonds. The summed E-state index contributed by atoms with van der Waals surface area (Å²) in [5, 5.41) is 8.94. The molecular weight excluding hydrogens is 286 g/mol. The third-order valence-corrected chi connectivity index (χ3v) is 2.76. The molecule has 5 nitrogen and oxygen atoms in total. The average molecular weight is 296 g/mol. The summed E-state index contributed by atoms with van der Waals surface area (Å²) in [6.07, 6.45) is 4.90. The van der Waals surface area contributed by atoms with Crippen molar-refractivity contribution in [3.8, 4) is 0 Å². The lowest BCUT2D eigenvalue weighted by atomic mass is 9.97. The molecule has 2 N–H and O–H groups in total. The number of aromatic amines is 1. The molecule has 2 rings (SSSR count). The summed E-state index contributed by atoms with van der Waals surface area (Å²) in [5.41, 5.74) is 0.830. The van der Waals surface area contributed by atoms with E-state index in [1.807, 2.05) is 6.07 Å². The smallest absolute Gasteiger partial charge is 0.304 e. The first-order valence-electron chi connectivity index (χ1n) is 4.99. The maximum absolute atomic E-state index is 10.9. The minimum Gasteiger partial charge on any atom is -0.481 e. The molecule has 0 aliphatic carbocycles. The van der Waals surface area contributed by atoms with Crippen molar-refractivity contribution in [1.29, 1.82) is 0 Å². The number of pyridine rings is 1. The van der Waals surface area contributed by atoms with E-state index in [1.54, 1.807) is 24.7 Å². The van der Waals surface area contributed by atoms with E-state index in [2.05, 4.69) is 30.9 Å². The van der Waals surface area contributed by atoms with Gasteiger partial charge in [0.15, 0.2) is 0 Å². The second-order valence-corrected chi connectivity index (χ2v) is 4.41. The van der Waals surface area contributed by atoms with E-state index in [-0.39, 0.29) is 12.3 Å². The molecule has 88 valence electrons. The second kappa shape index (κ2) is 5.09. The standard InChI is InChI=1S/C11H10BrN3O2/c12-9-6-14-11(15-9)8(4-10(16)17)7-2-1-3-13-5-7/h1-3,5-6,8H,4H2,(H,14,15)(H,16,17). The molecule has 0 fully saturated rings. The first-order chi connectivity index (χ1) is 8.16. The first kappa shape index (κ1) is 11.8. The van der Waals surface area contributed by atoms with Gasteiger partial charge in [-0.1, -0.05) is 6.07 Å². The number of carboxylic acids is 1. The van der Waals surface area contributed by atoms with Gasteiger partial charge in [0.05, 0.1) is 18.5 Å². The van der Waals surface area contributed by atoms with Crippen LogP contribution in [-0.4, -0.2) is 26.0 Å². The number of aromatic nitrogens is 3. The number of rotatable bonds is 4. The average Bonchev–Trinajstić information content (AvgIpc) is 2.73. The number of carbonyl (C=O) groups is 1. The Morgan fingerprint density at radius 1 is 1.53 bits per heavy atom. The predicted octanol–water partition coefficient (Wildman–Crippen LogP) is 2.17. The predicted molar refractivity (Wildman–Crippen MR) is 64.6 cm³/mol. The first-order valence-corrected chi connectivity index (χ1v) is 5.78. The zero-order chi connectivity index (χ0) is 12.3. The third-order valence-electron chi connectivity index (χ3n) is 2.36. The number of hydrogen-bond acceptors (Lipinski definition) is 3. The van der Waals surface area contributed by atoms with Crippen molar-refractivity contribution in [2.45, 2.75) is 12.3 Å². The SMILES string of the molecule is O=C(O)CC(c1cccnc1)c1ncc(Br)[nH]1. The largest absolute Gasteiger partial charge is 0.481 e. The lowest BCUT2D eigenvalue weighted by molar-refractivity contribution is -0.137. The monoisotopic (exact) mass is 295 g/mol. The summed E-state index contributed by atoms with van der Waals surface area (Å²) in [6, 6.07) is 3.62. The van der Waals surface area contributed by atoms with Gasteiger partial charge < -0.3 is 10.1 Å². The highest BCUT2D eigenvalue weighted by atomic mass is 79.9. The zero-order valence-electron chi connectivity index (χ0n) is 8.80. The molecule has 2 heterocycles. The molecule has 0 aliphatic rings. The van der Waals surface area contributed by atoms with Crippen molar-refractivity contribution in [1.82, 2.24) is 15.0 Å². The topological polar surface area (TPSA) is 78.9 Å². The van der Waals surface area contributed by atoms with E-state index in [0.29, 0.717) is 5.82 Å². The summed E-state index contributed by atoms with van der Waals surface area (Å²) in [4.78, 5) is 22.0. The van der Waals surface area contributed by atoms with Crippen LogP contribution in [0.15, 0.2) is 35.3 Å². The van der Waals surface area contributed by atoms with Crippen molar-refractivity contribution in [3.05, 3.63) is 46.7 Å². The van der Waals surface area contributed by atoms with Gasteiger partial charge in [-0.2, -0.15) is 0 Å². The maximum Gasteiger partial charge on any atom is 0.304 e. The fourth-order valence-corrected chi connectivity index (χ4v) is 1.92. The molecule has 6 heteroatoms. The summed E-state index contributed by atoms with van der Waals surface area (Å²) < 4.78 is 0.728. The summed E-state index contributed by atoms with van der Waals surface area (Å²) in [7, 11) is 0. The number of H-pyrrole nitrogens is 1. The lowest BCUT2D eigenvalue weighted by Crippen LogP contribution is -2.09. The van der Waals surface area contributed by atoms with Gasteiger partial charge in [-0.15, -0.1) is 0 Å². The van der Waals surface area contributed by atoms with Crippen molar-refractivity contribution in [2.75, 3.05) is 0 Å². The highest BCUT2D eigenvalue weighted by Crippen LogP contribution is 2.26. The Bertz CT molecular complexity index is 512. The molecule has 0 aromatic carbocycles. The van der Waals surface area contributed by atoms with Crippen LogP contribution in [0.5, 0.6) is 0 Å². The minimum atomic E-state index is -0.869. The van der Waals surface area contributed by atoms with Crippen molar-refractivity contribution in [2.24, 2.45) is 0 Å². The van der Waals surface area contributed by atoms with Gasteiger partial charge >= 0.3 is 5.97 Å². The molecule has 0 spiro atoms. The fraction of sp³-hybridized carbons (Fsp3) is 0.182. The molecule has 0 bridgehead atoms. The number of carboxylic acid groups (broad SMARTS) is 1. The summed E-state index contributed by atoms with van der Waals surface area (Å²) in [5.74, 6) is -0.564. The molecule has 1 unspecified atom stereocenters. The van der Waals surface area contributed by atoms with Gasteiger partial charge in [0.25, 0.3) is 0 Å². The molecule has 2 aromatic rings. The number of nitrogens with one attached hydrogen (secondary N) is 1. The van der Waals surface area contributed by atoms with Gasteiger partial charge in [0, 0.05) is 12.4 Å². The Balaban J connectivity index is 2.35. The van der Waals surface area contributed by atoms with E-state index in [1.165, 1.54) is 0 Å². The second-order valence-electron chi connectivity index (χ2n) is 3.55. The van der Waals surface area contributed by atoms with Crippen LogP contribution in [0, 0.1) is 0 Å². The van der Waals surface area contributed by atoms with Crippen molar-refractivity contribution >= 4 is 21.9 Å². The van der Waals surface area contributed by atoms with E-state index < -0.39 is 5.97 Å². The van der Waals surface area contributed by atoms with Crippen molar-refractivity contribution < 1.29 is 9.90 Å². The number of imidazole rings is 1. The van der Waals surface area contributed by atoms with Crippen LogP contribution in [0.2, 0.25) is 0 Å². The molecule has 0 saturated carbocycles. The molecule has 0 aliphatic heterocycles. The highest BCUT2D eigenvalue weighted by Gasteiger charge is 2.20. The van der Waals surface area contributed by atoms with Crippen LogP contribution in [0.3, 0.4) is 0 Å². The fourth-order valence-electron chi connectivity index (χ4n) is 1.62. The Hall–Kier alpha value is -1.69. The molecule has 0 radical (unpaired) electrons. The highest BCUT2D eigenvalue weighted by molar-refractivity contribution is 9.10.